The summed E-state index contributed by atoms with van der Waals surface area (Å²) in [5.41, 5.74) is 0. The highest BCUT2D eigenvalue weighted by Gasteiger charge is 2.35. The first-order chi connectivity index (χ1) is 9.83. The molecular formula is C16H30N2O2. The van der Waals surface area contributed by atoms with Gasteiger partial charge in [0.1, 0.15) is 0 Å². The second-order valence-electron chi connectivity index (χ2n) is 6.78. The van der Waals surface area contributed by atoms with Crippen molar-refractivity contribution in [1.82, 2.24) is 10.6 Å². The van der Waals surface area contributed by atoms with Crippen LogP contribution < -0.4 is 10.6 Å². The third kappa shape index (κ3) is 3.73. The van der Waals surface area contributed by atoms with Crippen LogP contribution in [0.3, 0.4) is 0 Å². The predicted octanol–water partition coefficient (Wildman–Crippen LogP) is 1.69. The topological polar surface area (TPSA) is 42.5 Å². The smallest absolute Gasteiger partial charge is 0.0623 e. The standard InChI is InChI=1S/C16H30N2O2/c1-12(10-13-4-3-8-20-13)18-15-6-2-5-14(15)16-11-19-9-7-17-16/h12-18H,2-11H2,1H3. The van der Waals surface area contributed by atoms with Gasteiger partial charge < -0.3 is 20.1 Å². The molecule has 0 amide bonds. The summed E-state index contributed by atoms with van der Waals surface area (Å²) in [5, 5.41) is 7.53. The van der Waals surface area contributed by atoms with Crippen molar-refractivity contribution in [1.29, 1.82) is 0 Å². The van der Waals surface area contributed by atoms with Gasteiger partial charge in [0.15, 0.2) is 0 Å². The molecule has 3 rings (SSSR count). The van der Waals surface area contributed by atoms with Crippen LogP contribution in [0.1, 0.15) is 45.4 Å². The minimum absolute atomic E-state index is 0.494. The number of rotatable bonds is 5. The van der Waals surface area contributed by atoms with E-state index in [1.165, 1.54) is 32.1 Å². The molecule has 0 aromatic rings. The van der Waals surface area contributed by atoms with E-state index in [0.717, 1.165) is 38.7 Å². The van der Waals surface area contributed by atoms with Crippen LogP contribution in [-0.4, -0.2) is 50.6 Å². The molecule has 0 bridgehead atoms. The van der Waals surface area contributed by atoms with Crippen molar-refractivity contribution >= 4 is 0 Å². The van der Waals surface area contributed by atoms with Crippen molar-refractivity contribution in [2.45, 2.75) is 69.7 Å². The molecule has 4 heteroatoms. The third-order valence-corrected chi connectivity index (χ3v) is 5.18. The molecule has 5 atom stereocenters. The van der Waals surface area contributed by atoms with Gasteiger partial charge in [-0.05, 0) is 44.9 Å². The Bertz CT molecular complexity index is 288. The van der Waals surface area contributed by atoms with Gasteiger partial charge >= 0.3 is 0 Å². The molecule has 2 N–H and O–H groups in total. The van der Waals surface area contributed by atoms with Crippen molar-refractivity contribution in [3.05, 3.63) is 0 Å². The van der Waals surface area contributed by atoms with Crippen LogP contribution in [0, 0.1) is 5.92 Å². The maximum atomic E-state index is 5.76. The van der Waals surface area contributed by atoms with Crippen LogP contribution in [0.5, 0.6) is 0 Å². The van der Waals surface area contributed by atoms with Crippen LogP contribution >= 0.6 is 0 Å². The summed E-state index contributed by atoms with van der Waals surface area (Å²) in [7, 11) is 0. The maximum absolute atomic E-state index is 5.76. The average molecular weight is 282 g/mol. The molecule has 0 radical (unpaired) electrons. The Balaban J connectivity index is 1.47. The van der Waals surface area contributed by atoms with Gasteiger partial charge in [-0.25, -0.2) is 0 Å². The van der Waals surface area contributed by atoms with Gasteiger partial charge in [0.05, 0.1) is 19.3 Å². The Morgan fingerprint density at radius 1 is 1.20 bits per heavy atom. The highest BCUT2D eigenvalue weighted by atomic mass is 16.5. The van der Waals surface area contributed by atoms with Crippen molar-refractivity contribution < 1.29 is 9.47 Å². The van der Waals surface area contributed by atoms with E-state index in [0.29, 0.717) is 24.2 Å². The van der Waals surface area contributed by atoms with Gasteiger partial charge in [0.2, 0.25) is 0 Å². The number of hydrogen-bond donors (Lipinski definition) is 2. The molecule has 20 heavy (non-hydrogen) atoms. The first-order valence-corrected chi connectivity index (χ1v) is 8.51. The van der Waals surface area contributed by atoms with Crippen molar-refractivity contribution in [3.8, 4) is 0 Å². The lowest BCUT2D eigenvalue weighted by Gasteiger charge is -2.34. The number of nitrogens with one attached hydrogen (secondary N) is 2. The van der Waals surface area contributed by atoms with E-state index in [2.05, 4.69) is 17.6 Å². The first kappa shape index (κ1) is 14.8. The van der Waals surface area contributed by atoms with Gasteiger partial charge in [0.25, 0.3) is 0 Å². The van der Waals surface area contributed by atoms with E-state index >= 15 is 0 Å². The summed E-state index contributed by atoms with van der Waals surface area (Å²) in [6.07, 6.45) is 8.16. The normalized spacial score (nSPS) is 40.0. The summed E-state index contributed by atoms with van der Waals surface area (Å²) in [6, 6.07) is 1.78. The molecule has 4 nitrogen and oxygen atoms in total. The number of hydrogen-bond acceptors (Lipinski definition) is 4. The summed E-state index contributed by atoms with van der Waals surface area (Å²) in [4.78, 5) is 0. The first-order valence-electron chi connectivity index (χ1n) is 8.51. The molecular weight excluding hydrogens is 252 g/mol. The van der Waals surface area contributed by atoms with Crippen LogP contribution in [0.25, 0.3) is 0 Å². The molecule has 2 aliphatic heterocycles. The van der Waals surface area contributed by atoms with E-state index in [1.54, 1.807) is 0 Å². The van der Waals surface area contributed by atoms with Crippen molar-refractivity contribution in [2.24, 2.45) is 5.92 Å². The Morgan fingerprint density at radius 3 is 2.90 bits per heavy atom. The van der Waals surface area contributed by atoms with Gasteiger partial charge in [-0.1, -0.05) is 6.42 Å². The maximum Gasteiger partial charge on any atom is 0.0623 e. The zero-order valence-electron chi connectivity index (χ0n) is 12.8. The van der Waals surface area contributed by atoms with Crippen molar-refractivity contribution in [3.63, 3.8) is 0 Å². The summed E-state index contributed by atoms with van der Waals surface area (Å²) >= 11 is 0. The molecule has 0 spiro atoms. The lowest BCUT2D eigenvalue weighted by Crippen LogP contribution is -2.52. The second kappa shape index (κ2) is 7.21. The Morgan fingerprint density at radius 2 is 2.15 bits per heavy atom. The molecule has 5 unspecified atom stereocenters. The Labute approximate surface area is 123 Å². The molecule has 3 fully saturated rings. The molecule has 116 valence electrons. The highest BCUT2D eigenvalue weighted by Crippen LogP contribution is 2.30. The number of morpholine rings is 1. The molecule has 1 aliphatic carbocycles. The van der Waals surface area contributed by atoms with Crippen LogP contribution in [0.4, 0.5) is 0 Å². The largest absolute Gasteiger partial charge is 0.379 e. The summed E-state index contributed by atoms with van der Waals surface area (Å²) in [5.74, 6) is 0.738. The molecule has 0 aromatic carbocycles. The molecule has 2 heterocycles. The molecule has 1 saturated carbocycles. The van der Waals surface area contributed by atoms with Crippen LogP contribution in [0.2, 0.25) is 0 Å². The van der Waals surface area contributed by atoms with Crippen LogP contribution in [0.15, 0.2) is 0 Å². The van der Waals surface area contributed by atoms with Gasteiger partial charge in [-0.2, -0.15) is 0 Å². The second-order valence-corrected chi connectivity index (χ2v) is 6.78. The van der Waals surface area contributed by atoms with Crippen molar-refractivity contribution in [2.75, 3.05) is 26.4 Å². The van der Waals surface area contributed by atoms with Gasteiger partial charge in [-0.3, -0.25) is 0 Å². The lowest BCUT2D eigenvalue weighted by molar-refractivity contribution is 0.0503. The van der Waals surface area contributed by atoms with Crippen LogP contribution in [-0.2, 0) is 9.47 Å². The summed E-state index contributed by atoms with van der Waals surface area (Å²) in [6.45, 7) is 6.06. The fraction of sp³-hybridized carbons (Fsp3) is 1.00. The Kier molecular flexibility index (Phi) is 5.32. The monoisotopic (exact) mass is 282 g/mol. The minimum atomic E-state index is 0.494. The summed E-state index contributed by atoms with van der Waals surface area (Å²) < 4.78 is 11.4. The fourth-order valence-corrected chi connectivity index (χ4v) is 4.20. The third-order valence-electron chi connectivity index (χ3n) is 5.18. The average Bonchev–Trinajstić information content (AvgIpc) is 3.11. The molecule has 3 aliphatic rings. The van der Waals surface area contributed by atoms with Gasteiger partial charge in [-0.15, -0.1) is 0 Å². The Hall–Kier alpha value is -0.160. The number of ether oxygens (including phenoxy) is 2. The van der Waals surface area contributed by atoms with E-state index < -0.39 is 0 Å². The molecule has 0 aromatic heterocycles. The van der Waals surface area contributed by atoms with E-state index in [4.69, 9.17) is 9.47 Å². The zero-order valence-corrected chi connectivity index (χ0v) is 12.8. The lowest BCUT2D eigenvalue weighted by atomic mass is 9.93. The van der Waals surface area contributed by atoms with E-state index in [9.17, 15) is 0 Å². The quantitative estimate of drug-likeness (QED) is 0.805. The SMILES string of the molecule is CC(CC1CCCO1)NC1CCCC1C1COCCN1. The van der Waals surface area contributed by atoms with Gasteiger partial charge in [0, 0.05) is 31.3 Å². The fourth-order valence-electron chi connectivity index (χ4n) is 4.20. The van der Waals surface area contributed by atoms with E-state index in [-0.39, 0.29) is 0 Å². The molecule has 2 saturated heterocycles. The minimum Gasteiger partial charge on any atom is -0.379 e. The zero-order chi connectivity index (χ0) is 13.8. The van der Waals surface area contributed by atoms with E-state index in [1.807, 2.05) is 0 Å². The highest BCUT2D eigenvalue weighted by molar-refractivity contribution is 4.93. The predicted molar refractivity (Wildman–Crippen MR) is 79.9 cm³/mol.